The van der Waals surface area contributed by atoms with E-state index >= 15 is 0 Å². The van der Waals surface area contributed by atoms with Gasteiger partial charge in [0.15, 0.2) is 11.5 Å². The van der Waals surface area contributed by atoms with Crippen molar-refractivity contribution < 1.29 is 31.2 Å². The molecule has 0 N–H and O–H groups in total. The highest BCUT2D eigenvalue weighted by molar-refractivity contribution is 7.95. The zero-order valence-electron chi connectivity index (χ0n) is 39.0. The van der Waals surface area contributed by atoms with E-state index in [9.17, 15) is 0 Å². The Bertz CT molecular complexity index is 1490. The molecule has 4 rings (SSSR count). The van der Waals surface area contributed by atoms with Gasteiger partial charge in [0.1, 0.15) is 28.8 Å². The van der Waals surface area contributed by atoms with Gasteiger partial charge in [-0.1, -0.05) is 210 Å². The lowest BCUT2D eigenvalue weighted by molar-refractivity contribution is -0.0000137. The third-order valence-corrected chi connectivity index (χ3v) is 17.2. The molecular formula is C56H84BrO3P. The highest BCUT2D eigenvalue weighted by Gasteiger charge is 2.51. The predicted octanol–water partition coefficient (Wildman–Crippen LogP) is 13.3. The highest BCUT2D eigenvalue weighted by Crippen LogP contribution is 2.67. The summed E-state index contributed by atoms with van der Waals surface area (Å²) >= 11 is 0. The molecule has 4 aromatic rings. The minimum atomic E-state index is -2.22. The molecule has 0 aliphatic carbocycles. The average Bonchev–Trinajstić information content (AvgIpc) is 3.29. The number of hydrogen-bond donors (Lipinski definition) is 0. The van der Waals surface area contributed by atoms with Crippen molar-refractivity contribution in [2.24, 2.45) is 0 Å². The molecule has 1 atom stereocenters. The maximum Gasteiger partial charge on any atom is 0.203 e. The second-order valence-electron chi connectivity index (χ2n) is 17.2. The van der Waals surface area contributed by atoms with Crippen molar-refractivity contribution in [1.29, 1.82) is 0 Å². The van der Waals surface area contributed by atoms with Crippen molar-refractivity contribution in [2.45, 2.75) is 187 Å². The predicted molar refractivity (Wildman–Crippen MR) is 264 cm³/mol. The summed E-state index contributed by atoms with van der Waals surface area (Å²) in [5.41, 5.74) is 1.39. The summed E-state index contributed by atoms with van der Waals surface area (Å²) in [4.78, 5) is 0. The third-order valence-electron chi connectivity index (χ3n) is 12.4. The molecule has 0 bridgehead atoms. The number of halogens is 1. The summed E-state index contributed by atoms with van der Waals surface area (Å²) < 4.78 is 20.6. The van der Waals surface area contributed by atoms with E-state index in [1.165, 1.54) is 156 Å². The minimum absolute atomic E-state index is 0. The molecule has 0 fully saturated rings. The first-order valence-corrected chi connectivity index (χ1v) is 26.6. The second kappa shape index (κ2) is 32.8. The van der Waals surface area contributed by atoms with Gasteiger partial charge >= 0.3 is 0 Å². The van der Waals surface area contributed by atoms with Crippen LogP contribution >= 0.6 is 7.26 Å². The van der Waals surface area contributed by atoms with Crippen molar-refractivity contribution in [3.05, 3.63) is 109 Å². The van der Waals surface area contributed by atoms with E-state index in [1.54, 1.807) is 0 Å². The first kappa shape index (κ1) is 52.5. The number of unbranched alkanes of at least 4 members (excludes halogenated alkanes) is 21. The molecule has 338 valence electrons. The number of rotatable bonds is 35. The highest BCUT2D eigenvalue weighted by atomic mass is 79.9. The molecule has 1 unspecified atom stereocenters. The Morgan fingerprint density at radius 2 is 0.656 bits per heavy atom. The van der Waals surface area contributed by atoms with E-state index in [0.29, 0.717) is 19.8 Å². The average molecular weight is 916 g/mol. The van der Waals surface area contributed by atoms with E-state index in [4.69, 9.17) is 14.2 Å². The Hall–Kier alpha value is -2.81. The molecule has 0 saturated heterocycles. The quantitative estimate of drug-likeness (QED) is 0.0340. The molecule has 4 aromatic carbocycles. The van der Waals surface area contributed by atoms with Crippen LogP contribution in [-0.4, -0.2) is 19.8 Å². The zero-order valence-corrected chi connectivity index (χ0v) is 41.5. The van der Waals surface area contributed by atoms with Crippen LogP contribution in [0.25, 0.3) is 0 Å². The molecule has 0 amide bonds. The molecule has 0 aromatic heterocycles. The molecular weight excluding hydrogens is 831 g/mol. The summed E-state index contributed by atoms with van der Waals surface area (Å²) in [6.45, 7) is 11.4. The fraction of sp³-hybridized carbons (Fsp3) is 0.571. The Morgan fingerprint density at radius 1 is 0.377 bits per heavy atom. The molecule has 0 aliphatic heterocycles. The van der Waals surface area contributed by atoms with Crippen molar-refractivity contribution in [3.8, 4) is 17.2 Å². The topological polar surface area (TPSA) is 27.7 Å². The first-order valence-electron chi connectivity index (χ1n) is 24.8. The van der Waals surface area contributed by atoms with Crippen LogP contribution in [0.3, 0.4) is 0 Å². The summed E-state index contributed by atoms with van der Waals surface area (Å²) in [6, 6.07) is 38.5. The molecule has 0 aliphatic rings. The Kier molecular flexibility index (Phi) is 28.3. The fourth-order valence-electron chi connectivity index (χ4n) is 8.77. The lowest BCUT2D eigenvalue weighted by Crippen LogP contribution is -3.00. The number of ether oxygens (including phenoxy) is 3. The monoisotopic (exact) mass is 915 g/mol. The molecule has 0 radical (unpaired) electrons. The van der Waals surface area contributed by atoms with Crippen LogP contribution in [0.1, 0.15) is 193 Å². The third kappa shape index (κ3) is 18.1. The minimum Gasteiger partial charge on any atom is -1.00 e. The van der Waals surface area contributed by atoms with E-state index < -0.39 is 7.26 Å². The van der Waals surface area contributed by atoms with Crippen LogP contribution in [0.15, 0.2) is 103 Å². The van der Waals surface area contributed by atoms with Crippen molar-refractivity contribution in [2.75, 3.05) is 19.8 Å². The maximum atomic E-state index is 6.88. The van der Waals surface area contributed by atoms with Crippen LogP contribution < -0.4 is 47.1 Å². The van der Waals surface area contributed by atoms with Crippen molar-refractivity contribution in [3.63, 3.8) is 0 Å². The lowest BCUT2D eigenvalue weighted by Gasteiger charge is -2.33. The van der Waals surface area contributed by atoms with Gasteiger partial charge in [0.25, 0.3) is 0 Å². The maximum absolute atomic E-state index is 6.88. The van der Waals surface area contributed by atoms with Gasteiger partial charge in [-0.15, -0.1) is 0 Å². The van der Waals surface area contributed by atoms with Gasteiger partial charge in [-0.2, -0.15) is 0 Å². The number of benzene rings is 4. The Labute approximate surface area is 385 Å². The van der Waals surface area contributed by atoms with Crippen molar-refractivity contribution in [1.82, 2.24) is 0 Å². The van der Waals surface area contributed by atoms with Gasteiger partial charge in [0.2, 0.25) is 5.75 Å². The molecule has 0 heterocycles. The Balaban J connectivity index is 0.00000992. The van der Waals surface area contributed by atoms with Crippen LogP contribution in [0, 0.1) is 0 Å². The van der Waals surface area contributed by atoms with Gasteiger partial charge in [0, 0.05) is 5.56 Å². The molecule has 0 spiro atoms. The standard InChI is InChI=1S/C56H84O3P.BrH/c1-5-8-11-14-17-20-23-35-44-57-54-47-50(49(4)60(51-38-29-26-30-39-51,52-40-31-27-32-41-52)53-42-33-28-34-43-53)48-55(58-45-36-24-21-18-15-12-9-6-2)56(54)59-46-37-25-22-19-16-13-10-7-3;/h26-34,38-43,47-49H,5-25,35-37,44-46H2,1-4H3;1H/q+1;/p-1. The second-order valence-corrected chi connectivity index (χ2v) is 21.0. The SMILES string of the molecule is CCCCCCCCCCOc1cc(C(C)[P+](c2ccccc2)(c2ccccc2)c2ccccc2)cc(OCCCCCCCCCC)c1OCCCCCCCCCC.[Br-]. The molecule has 5 heteroatoms. The molecule has 61 heavy (non-hydrogen) atoms. The number of hydrogen-bond acceptors (Lipinski definition) is 3. The van der Waals surface area contributed by atoms with Gasteiger partial charge in [0.05, 0.1) is 19.8 Å². The van der Waals surface area contributed by atoms with Crippen LogP contribution in [0.4, 0.5) is 0 Å². The molecule has 3 nitrogen and oxygen atoms in total. The van der Waals surface area contributed by atoms with Crippen LogP contribution in [-0.2, 0) is 0 Å². The van der Waals surface area contributed by atoms with Crippen molar-refractivity contribution >= 4 is 23.2 Å². The van der Waals surface area contributed by atoms with Crippen LogP contribution in [0.5, 0.6) is 17.2 Å². The summed E-state index contributed by atoms with van der Waals surface area (Å²) in [7, 11) is -2.22. The van der Waals surface area contributed by atoms with Gasteiger partial charge < -0.3 is 31.2 Å². The summed E-state index contributed by atoms with van der Waals surface area (Å²) in [5, 5.41) is 4.15. The Morgan fingerprint density at radius 3 is 0.967 bits per heavy atom. The smallest absolute Gasteiger partial charge is 0.203 e. The zero-order chi connectivity index (χ0) is 42.4. The van der Waals surface area contributed by atoms with Gasteiger partial charge in [-0.25, -0.2) is 0 Å². The fourth-order valence-corrected chi connectivity index (χ4v) is 13.5. The van der Waals surface area contributed by atoms with E-state index in [0.717, 1.165) is 36.5 Å². The van der Waals surface area contributed by atoms with E-state index in [1.807, 2.05) is 0 Å². The van der Waals surface area contributed by atoms with E-state index in [2.05, 4.69) is 131 Å². The lowest BCUT2D eigenvalue weighted by atomic mass is 10.1. The van der Waals surface area contributed by atoms with Gasteiger partial charge in [-0.3, -0.25) is 0 Å². The van der Waals surface area contributed by atoms with Crippen LogP contribution in [0.2, 0.25) is 0 Å². The van der Waals surface area contributed by atoms with E-state index in [-0.39, 0.29) is 22.6 Å². The summed E-state index contributed by atoms with van der Waals surface area (Å²) in [6.07, 6.45) is 30.6. The molecule has 0 saturated carbocycles. The summed E-state index contributed by atoms with van der Waals surface area (Å²) in [5.74, 6) is 2.50. The normalized spacial score (nSPS) is 11.9. The largest absolute Gasteiger partial charge is 1.00 e. The first-order chi connectivity index (χ1) is 29.7. The van der Waals surface area contributed by atoms with Gasteiger partial charge in [-0.05, 0) is 74.7 Å².